The zero-order chi connectivity index (χ0) is 26.5. The van der Waals surface area contributed by atoms with Crippen LogP contribution in [0.5, 0.6) is 11.5 Å². The molecule has 1 aromatic heterocycles. The van der Waals surface area contributed by atoms with E-state index in [9.17, 15) is 14.9 Å². The second kappa shape index (κ2) is 15.0. The van der Waals surface area contributed by atoms with Gasteiger partial charge in [0, 0.05) is 4.88 Å². The molecule has 0 unspecified atom stereocenters. The van der Waals surface area contributed by atoms with Crippen LogP contribution in [-0.4, -0.2) is 37.2 Å². The zero-order valence-electron chi connectivity index (χ0n) is 21.6. The highest BCUT2D eigenvalue weighted by Crippen LogP contribution is 2.30. The lowest BCUT2D eigenvalue weighted by Gasteiger charge is -2.11. The van der Waals surface area contributed by atoms with E-state index in [1.165, 1.54) is 56.6 Å². The molecule has 0 aliphatic heterocycles. The normalized spacial score (nSPS) is 14.8. The summed E-state index contributed by atoms with van der Waals surface area (Å²) in [4.78, 5) is 30.5. The van der Waals surface area contributed by atoms with Crippen molar-refractivity contribution in [2.75, 3.05) is 25.6 Å². The quantitative estimate of drug-likeness (QED) is 0.261. The lowest BCUT2D eigenvalue weighted by Crippen LogP contribution is -2.20. The molecule has 37 heavy (non-hydrogen) atoms. The molecule has 0 saturated carbocycles. The summed E-state index contributed by atoms with van der Waals surface area (Å²) in [5.41, 5.74) is 1.56. The van der Waals surface area contributed by atoms with E-state index >= 15 is 0 Å². The minimum Gasteiger partial charge on any atom is -0.493 e. The Labute approximate surface area is 222 Å². The number of hydrogen-bond acceptors (Lipinski definition) is 8. The van der Waals surface area contributed by atoms with Crippen molar-refractivity contribution >= 4 is 34.4 Å². The van der Waals surface area contributed by atoms with Crippen molar-refractivity contribution in [3.05, 3.63) is 39.9 Å². The number of aryl methyl sites for hydroxylation is 2. The van der Waals surface area contributed by atoms with Gasteiger partial charge in [0.05, 0.1) is 19.4 Å². The Morgan fingerprint density at radius 1 is 1.08 bits per heavy atom. The number of anilines is 1. The van der Waals surface area contributed by atoms with E-state index in [0.29, 0.717) is 22.2 Å². The molecule has 198 valence electrons. The minimum absolute atomic E-state index is 0.119. The number of esters is 1. The number of hydrogen-bond donors (Lipinski definition) is 1. The molecule has 0 atom stereocenters. The van der Waals surface area contributed by atoms with Crippen molar-refractivity contribution in [3.63, 3.8) is 0 Å². The van der Waals surface area contributed by atoms with Crippen molar-refractivity contribution in [1.82, 2.24) is 4.98 Å². The topological polar surface area (TPSA) is 111 Å². The third kappa shape index (κ3) is 8.90. The number of carbonyl (C=O) groups excluding carboxylic acids is 2. The third-order valence-electron chi connectivity index (χ3n) is 6.07. The molecule has 1 aromatic carbocycles. The summed E-state index contributed by atoms with van der Waals surface area (Å²) in [7, 11) is 1.48. The van der Waals surface area contributed by atoms with Gasteiger partial charge in [-0.25, -0.2) is 9.78 Å². The number of methoxy groups -OCH3 is 1. The minimum atomic E-state index is -0.687. The highest BCUT2D eigenvalue weighted by atomic mass is 32.1. The zero-order valence-corrected chi connectivity index (χ0v) is 22.5. The van der Waals surface area contributed by atoms with Gasteiger partial charge >= 0.3 is 5.97 Å². The van der Waals surface area contributed by atoms with Crippen LogP contribution < -0.4 is 14.8 Å². The van der Waals surface area contributed by atoms with Gasteiger partial charge in [0.25, 0.3) is 5.91 Å². The van der Waals surface area contributed by atoms with Gasteiger partial charge in [-0.2, -0.15) is 5.26 Å². The molecule has 9 heteroatoms. The van der Waals surface area contributed by atoms with Gasteiger partial charge < -0.3 is 14.2 Å². The van der Waals surface area contributed by atoms with Crippen LogP contribution >= 0.6 is 11.3 Å². The summed E-state index contributed by atoms with van der Waals surface area (Å²) >= 11 is 1.57. The number of nitrogens with one attached hydrogen (secondary N) is 1. The fourth-order valence-corrected chi connectivity index (χ4v) is 5.24. The maximum atomic E-state index is 12.6. The van der Waals surface area contributed by atoms with Crippen molar-refractivity contribution in [1.29, 1.82) is 5.26 Å². The number of nitrogens with zero attached hydrogens (tertiary/aromatic N) is 2. The van der Waals surface area contributed by atoms with Crippen LogP contribution in [0, 0.1) is 11.3 Å². The van der Waals surface area contributed by atoms with Crippen LogP contribution in [0.1, 0.15) is 74.4 Å². The molecule has 0 spiro atoms. The van der Waals surface area contributed by atoms with Crippen LogP contribution in [0.3, 0.4) is 0 Å². The third-order valence-corrected chi connectivity index (χ3v) is 7.14. The van der Waals surface area contributed by atoms with E-state index < -0.39 is 5.97 Å². The molecular formula is C28H35N3O5S. The lowest BCUT2D eigenvalue weighted by atomic mass is 10.0. The predicted molar refractivity (Wildman–Crippen MR) is 144 cm³/mol. The standard InChI is InChI=1S/C28H35N3O5S/c1-3-35-27(33)21(18-29)16-20-14-15-23(24(17-20)34-2)36-19-26(32)31-28-30-22-12-10-8-6-4-5-7-9-11-13-25(22)37-28/h14-17H,3-13,19H2,1-2H3,(H,30,31,32)/b21-16-. The van der Waals surface area contributed by atoms with Crippen LogP contribution in [0.4, 0.5) is 5.13 Å². The lowest BCUT2D eigenvalue weighted by molar-refractivity contribution is -0.137. The first-order valence-electron chi connectivity index (χ1n) is 12.9. The van der Waals surface area contributed by atoms with Gasteiger partial charge in [-0.05, 0) is 56.4 Å². The Balaban J connectivity index is 1.61. The molecule has 0 radical (unpaired) electrons. The van der Waals surface area contributed by atoms with Gasteiger partial charge in [0.15, 0.2) is 23.2 Å². The molecule has 8 nitrogen and oxygen atoms in total. The molecule has 1 aliphatic rings. The van der Waals surface area contributed by atoms with Gasteiger partial charge in [-0.1, -0.05) is 44.6 Å². The summed E-state index contributed by atoms with van der Waals surface area (Å²) in [6, 6.07) is 6.77. The second-order valence-electron chi connectivity index (χ2n) is 8.85. The van der Waals surface area contributed by atoms with Crippen molar-refractivity contribution in [2.24, 2.45) is 0 Å². The molecule has 1 N–H and O–H groups in total. The summed E-state index contributed by atoms with van der Waals surface area (Å²) < 4.78 is 16.0. The molecule has 0 saturated heterocycles. The molecule has 3 rings (SSSR count). The van der Waals surface area contributed by atoms with E-state index in [4.69, 9.17) is 19.2 Å². The number of thiazole rings is 1. The Hall–Kier alpha value is -3.38. The maximum absolute atomic E-state index is 12.6. The molecule has 1 heterocycles. The Morgan fingerprint density at radius 3 is 2.46 bits per heavy atom. The van der Waals surface area contributed by atoms with Crippen LogP contribution in [0.25, 0.3) is 6.08 Å². The van der Waals surface area contributed by atoms with E-state index in [1.807, 2.05) is 6.07 Å². The monoisotopic (exact) mass is 525 g/mol. The van der Waals surface area contributed by atoms with Crippen molar-refractivity contribution in [2.45, 2.75) is 71.1 Å². The smallest absolute Gasteiger partial charge is 0.348 e. The average molecular weight is 526 g/mol. The molecule has 0 bridgehead atoms. The average Bonchev–Trinajstić information content (AvgIpc) is 3.26. The van der Waals surface area contributed by atoms with E-state index in [0.717, 1.165) is 31.4 Å². The van der Waals surface area contributed by atoms with Gasteiger partial charge in [-0.15, -0.1) is 11.3 Å². The molecule has 1 amide bonds. The van der Waals surface area contributed by atoms with Crippen molar-refractivity contribution < 1.29 is 23.8 Å². The van der Waals surface area contributed by atoms with Crippen LogP contribution in [0.15, 0.2) is 23.8 Å². The fourth-order valence-electron chi connectivity index (χ4n) is 4.17. The molecular weight excluding hydrogens is 490 g/mol. The Morgan fingerprint density at radius 2 is 1.78 bits per heavy atom. The first-order chi connectivity index (χ1) is 18.0. The number of aromatic nitrogens is 1. The number of carbonyl (C=O) groups is 2. The summed E-state index contributed by atoms with van der Waals surface area (Å²) in [6.07, 6.45) is 13.4. The number of nitriles is 1. The predicted octanol–water partition coefficient (Wildman–Crippen LogP) is 5.86. The second-order valence-corrected chi connectivity index (χ2v) is 9.94. The summed E-state index contributed by atoms with van der Waals surface area (Å²) in [5, 5.41) is 12.7. The Kier molecular flexibility index (Phi) is 11.4. The summed E-state index contributed by atoms with van der Waals surface area (Å²) in [5.74, 6) is -0.243. The highest BCUT2D eigenvalue weighted by molar-refractivity contribution is 7.15. The maximum Gasteiger partial charge on any atom is 0.348 e. The number of ether oxygens (including phenoxy) is 3. The van der Waals surface area contributed by atoms with Crippen LogP contribution in [-0.2, 0) is 27.2 Å². The van der Waals surface area contributed by atoms with Crippen LogP contribution in [0.2, 0.25) is 0 Å². The van der Waals surface area contributed by atoms with Gasteiger partial charge in [0.2, 0.25) is 0 Å². The fraction of sp³-hybridized carbons (Fsp3) is 0.500. The first-order valence-corrected chi connectivity index (χ1v) is 13.7. The number of fused-ring (bicyclic) bond motifs is 1. The van der Waals surface area contributed by atoms with E-state index in [2.05, 4.69) is 5.32 Å². The Bertz CT molecular complexity index is 1110. The number of rotatable bonds is 8. The number of amides is 1. The summed E-state index contributed by atoms with van der Waals surface area (Å²) in [6.45, 7) is 1.65. The van der Waals surface area contributed by atoms with E-state index in [-0.39, 0.29) is 24.7 Å². The van der Waals surface area contributed by atoms with Gasteiger partial charge in [0.1, 0.15) is 11.6 Å². The largest absolute Gasteiger partial charge is 0.493 e. The molecule has 0 fully saturated rings. The number of benzene rings is 1. The first kappa shape index (κ1) is 28.2. The SMILES string of the molecule is CCOC(=O)/C(C#N)=C\c1ccc(OCC(=O)Nc2nc3c(s2)CCCCCCCCCC3)c(OC)c1. The van der Waals surface area contributed by atoms with E-state index in [1.54, 1.807) is 36.5 Å². The highest BCUT2D eigenvalue weighted by Gasteiger charge is 2.16. The molecule has 2 aromatic rings. The molecule has 1 aliphatic carbocycles. The van der Waals surface area contributed by atoms with Gasteiger partial charge in [-0.3, -0.25) is 10.1 Å². The van der Waals surface area contributed by atoms with Crippen molar-refractivity contribution in [3.8, 4) is 17.6 Å².